The van der Waals surface area contributed by atoms with Crippen LogP contribution >= 0.6 is 11.6 Å². The van der Waals surface area contributed by atoms with E-state index < -0.39 is 0 Å². The molecular formula is C16H15ClN2O. The summed E-state index contributed by atoms with van der Waals surface area (Å²) in [5.41, 5.74) is 4.81. The lowest BCUT2D eigenvalue weighted by Gasteiger charge is -2.09. The third-order valence-corrected chi connectivity index (χ3v) is 3.78. The summed E-state index contributed by atoms with van der Waals surface area (Å²) in [5, 5.41) is 6.68. The van der Waals surface area contributed by atoms with Crippen molar-refractivity contribution in [2.45, 2.75) is 20.0 Å². The molecule has 102 valence electrons. The van der Waals surface area contributed by atoms with Crippen molar-refractivity contribution in [2.75, 3.05) is 5.32 Å². The Balaban J connectivity index is 1.82. The molecule has 0 saturated heterocycles. The van der Waals surface area contributed by atoms with Gasteiger partial charge in [-0.05, 0) is 47.9 Å². The molecule has 0 unspecified atom stereocenters. The maximum atomic E-state index is 12.3. The molecule has 3 rings (SSSR count). The molecule has 0 saturated carbocycles. The number of aryl methyl sites for hydroxylation is 1. The highest BCUT2D eigenvalue weighted by molar-refractivity contribution is 6.34. The van der Waals surface area contributed by atoms with Crippen molar-refractivity contribution in [3.8, 4) is 0 Å². The van der Waals surface area contributed by atoms with Gasteiger partial charge in [0.15, 0.2) is 0 Å². The Bertz CT molecular complexity index is 682. The van der Waals surface area contributed by atoms with Gasteiger partial charge in [0.25, 0.3) is 5.91 Å². The van der Waals surface area contributed by atoms with Gasteiger partial charge in [-0.2, -0.15) is 0 Å². The van der Waals surface area contributed by atoms with E-state index in [1.807, 2.05) is 43.3 Å². The molecule has 0 spiro atoms. The Hall–Kier alpha value is -1.84. The molecule has 2 N–H and O–H groups in total. The molecule has 0 aromatic heterocycles. The summed E-state index contributed by atoms with van der Waals surface area (Å²) >= 11 is 6.13. The van der Waals surface area contributed by atoms with Gasteiger partial charge in [-0.3, -0.25) is 4.79 Å². The first-order chi connectivity index (χ1) is 9.63. The van der Waals surface area contributed by atoms with Gasteiger partial charge in [0, 0.05) is 18.7 Å². The van der Waals surface area contributed by atoms with Gasteiger partial charge in [-0.15, -0.1) is 0 Å². The minimum Gasteiger partial charge on any atom is -0.321 e. The Morgan fingerprint density at radius 1 is 1.15 bits per heavy atom. The fraction of sp³-hybridized carbons (Fsp3) is 0.188. The molecule has 0 bridgehead atoms. The van der Waals surface area contributed by atoms with Crippen LogP contribution in [0, 0.1) is 6.92 Å². The first kappa shape index (κ1) is 13.2. The Kier molecular flexibility index (Phi) is 3.47. The third kappa shape index (κ3) is 2.55. The predicted molar refractivity (Wildman–Crippen MR) is 81.1 cm³/mol. The second kappa shape index (κ2) is 5.27. The van der Waals surface area contributed by atoms with Crippen LogP contribution < -0.4 is 10.6 Å². The first-order valence-electron chi connectivity index (χ1n) is 6.53. The summed E-state index contributed by atoms with van der Waals surface area (Å²) in [7, 11) is 0. The molecule has 20 heavy (non-hydrogen) atoms. The third-order valence-electron chi connectivity index (χ3n) is 3.47. The molecule has 2 aromatic carbocycles. The second-order valence-corrected chi connectivity index (χ2v) is 5.43. The molecule has 2 aromatic rings. The van der Waals surface area contributed by atoms with Crippen molar-refractivity contribution in [2.24, 2.45) is 0 Å². The number of carbonyl (C=O) groups is 1. The lowest BCUT2D eigenvalue weighted by Crippen LogP contribution is -2.12. The number of fused-ring (bicyclic) bond motifs is 1. The molecule has 1 aliphatic heterocycles. The average molecular weight is 287 g/mol. The normalized spacial score (nSPS) is 13.1. The minimum atomic E-state index is -0.134. The number of nitrogens with one attached hydrogen (secondary N) is 2. The van der Waals surface area contributed by atoms with Crippen LogP contribution in [0.1, 0.15) is 27.0 Å². The van der Waals surface area contributed by atoms with Crippen molar-refractivity contribution in [1.82, 2.24) is 5.32 Å². The number of benzene rings is 2. The summed E-state index contributed by atoms with van der Waals surface area (Å²) in [5.74, 6) is -0.134. The van der Waals surface area contributed by atoms with E-state index in [0.717, 1.165) is 18.7 Å². The fourth-order valence-corrected chi connectivity index (χ4v) is 2.63. The standard InChI is InChI=1S/C16H15ClN2O/c1-10-2-5-15(14(17)6-10)19-16(20)11-3-4-12-8-18-9-13(12)7-11/h2-7,18H,8-9H2,1H3,(H,19,20). The second-order valence-electron chi connectivity index (χ2n) is 5.02. The van der Waals surface area contributed by atoms with Crippen LogP contribution in [0.2, 0.25) is 5.02 Å². The van der Waals surface area contributed by atoms with Gasteiger partial charge in [-0.1, -0.05) is 23.7 Å². The maximum Gasteiger partial charge on any atom is 0.255 e. The van der Waals surface area contributed by atoms with Crippen LogP contribution in [0.15, 0.2) is 36.4 Å². The van der Waals surface area contributed by atoms with E-state index in [0.29, 0.717) is 16.3 Å². The average Bonchev–Trinajstić information content (AvgIpc) is 2.89. The van der Waals surface area contributed by atoms with Crippen LogP contribution in [-0.4, -0.2) is 5.91 Å². The van der Waals surface area contributed by atoms with E-state index in [4.69, 9.17) is 11.6 Å². The molecular weight excluding hydrogens is 272 g/mol. The van der Waals surface area contributed by atoms with Crippen LogP contribution in [-0.2, 0) is 13.1 Å². The number of carbonyl (C=O) groups excluding carboxylic acids is 1. The highest BCUT2D eigenvalue weighted by Gasteiger charge is 2.14. The topological polar surface area (TPSA) is 41.1 Å². The van der Waals surface area contributed by atoms with Crippen molar-refractivity contribution in [3.05, 3.63) is 63.7 Å². The molecule has 1 heterocycles. The van der Waals surface area contributed by atoms with Gasteiger partial charge in [0.2, 0.25) is 0 Å². The van der Waals surface area contributed by atoms with E-state index in [2.05, 4.69) is 10.6 Å². The van der Waals surface area contributed by atoms with E-state index in [-0.39, 0.29) is 5.91 Å². The SMILES string of the molecule is Cc1ccc(NC(=O)c2ccc3c(c2)CNC3)c(Cl)c1. The summed E-state index contributed by atoms with van der Waals surface area (Å²) in [6.07, 6.45) is 0. The van der Waals surface area contributed by atoms with E-state index in [9.17, 15) is 4.79 Å². The molecule has 1 aliphatic rings. The Morgan fingerprint density at radius 2 is 1.95 bits per heavy atom. The number of halogens is 1. The maximum absolute atomic E-state index is 12.3. The van der Waals surface area contributed by atoms with Gasteiger partial charge < -0.3 is 10.6 Å². The Morgan fingerprint density at radius 3 is 2.75 bits per heavy atom. The van der Waals surface area contributed by atoms with Gasteiger partial charge in [0.05, 0.1) is 10.7 Å². The van der Waals surface area contributed by atoms with Crippen molar-refractivity contribution >= 4 is 23.2 Å². The summed E-state index contributed by atoms with van der Waals surface area (Å²) in [6.45, 7) is 3.66. The smallest absolute Gasteiger partial charge is 0.255 e. The number of amides is 1. The van der Waals surface area contributed by atoms with E-state index >= 15 is 0 Å². The number of hydrogen-bond donors (Lipinski definition) is 2. The summed E-state index contributed by atoms with van der Waals surface area (Å²) < 4.78 is 0. The van der Waals surface area contributed by atoms with Crippen LogP contribution in [0.3, 0.4) is 0 Å². The highest BCUT2D eigenvalue weighted by atomic mass is 35.5. The Labute approximate surface area is 123 Å². The molecule has 3 nitrogen and oxygen atoms in total. The lowest BCUT2D eigenvalue weighted by molar-refractivity contribution is 0.102. The zero-order chi connectivity index (χ0) is 14.1. The van der Waals surface area contributed by atoms with Gasteiger partial charge in [-0.25, -0.2) is 0 Å². The molecule has 0 atom stereocenters. The van der Waals surface area contributed by atoms with Crippen molar-refractivity contribution in [3.63, 3.8) is 0 Å². The van der Waals surface area contributed by atoms with Crippen LogP contribution in [0.25, 0.3) is 0 Å². The zero-order valence-corrected chi connectivity index (χ0v) is 11.9. The molecule has 0 aliphatic carbocycles. The lowest BCUT2D eigenvalue weighted by atomic mass is 10.1. The van der Waals surface area contributed by atoms with E-state index in [1.165, 1.54) is 11.1 Å². The number of anilines is 1. The van der Waals surface area contributed by atoms with Crippen molar-refractivity contribution < 1.29 is 4.79 Å². The zero-order valence-electron chi connectivity index (χ0n) is 11.2. The van der Waals surface area contributed by atoms with Crippen molar-refractivity contribution in [1.29, 1.82) is 0 Å². The summed E-state index contributed by atoms with van der Waals surface area (Å²) in [6, 6.07) is 11.4. The number of hydrogen-bond acceptors (Lipinski definition) is 2. The van der Waals surface area contributed by atoms with Crippen LogP contribution in [0.4, 0.5) is 5.69 Å². The monoisotopic (exact) mass is 286 g/mol. The fourth-order valence-electron chi connectivity index (χ4n) is 2.35. The predicted octanol–water partition coefficient (Wildman–Crippen LogP) is 3.50. The molecule has 4 heteroatoms. The molecule has 1 amide bonds. The minimum absolute atomic E-state index is 0.134. The first-order valence-corrected chi connectivity index (χ1v) is 6.91. The van der Waals surface area contributed by atoms with Gasteiger partial charge in [0.1, 0.15) is 0 Å². The van der Waals surface area contributed by atoms with E-state index in [1.54, 1.807) is 0 Å². The highest BCUT2D eigenvalue weighted by Crippen LogP contribution is 2.24. The van der Waals surface area contributed by atoms with Crippen LogP contribution in [0.5, 0.6) is 0 Å². The quantitative estimate of drug-likeness (QED) is 0.887. The van der Waals surface area contributed by atoms with Gasteiger partial charge >= 0.3 is 0 Å². The largest absolute Gasteiger partial charge is 0.321 e. The molecule has 0 radical (unpaired) electrons. The molecule has 0 fully saturated rings. The summed E-state index contributed by atoms with van der Waals surface area (Å²) in [4.78, 5) is 12.3. The number of rotatable bonds is 2.